The molecule has 1 N–H and O–H groups in total. The van der Waals surface area contributed by atoms with E-state index in [-0.39, 0.29) is 6.61 Å². The minimum atomic E-state index is -0.881. The molecule has 0 radical (unpaired) electrons. The monoisotopic (exact) mass is 271 g/mol. The van der Waals surface area contributed by atoms with Gasteiger partial charge in [0.25, 0.3) is 0 Å². The van der Waals surface area contributed by atoms with Crippen LogP contribution in [0.4, 0.5) is 14.5 Å². The molecule has 0 amide bonds. The number of morpholine rings is 1. The third kappa shape index (κ3) is 2.87. The van der Waals surface area contributed by atoms with Gasteiger partial charge in [-0.1, -0.05) is 13.8 Å². The standard InChI is InChI=1S/C14H19F2NO2/c1-14(2,9-18)10-7-11(15)12(16)8-13(10)17-3-5-19-6-4-17/h7-8,18H,3-6,9H2,1-2H3. The first kappa shape index (κ1) is 14.2. The zero-order valence-corrected chi connectivity index (χ0v) is 11.2. The van der Waals surface area contributed by atoms with Crippen molar-refractivity contribution >= 4 is 5.69 Å². The molecule has 0 aromatic heterocycles. The smallest absolute Gasteiger partial charge is 0.160 e. The quantitative estimate of drug-likeness (QED) is 0.913. The molecule has 106 valence electrons. The molecule has 0 bridgehead atoms. The first-order valence-corrected chi connectivity index (χ1v) is 6.39. The predicted octanol–water partition coefficient (Wildman–Crippen LogP) is 2.07. The average molecular weight is 271 g/mol. The van der Waals surface area contributed by atoms with Gasteiger partial charge in [0.15, 0.2) is 11.6 Å². The molecular weight excluding hydrogens is 252 g/mol. The van der Waals surface area contributed by atoms with E-state index < -0.39 is 17.0 Å². The molecule has 0 spiro atoms. The van der Waals surface area contributed by atoms with Crippen molar-refractivity contribution in [3.63, 3.8) is 0 Å². The van der Waals surface area contributed by atoms with Crippen molar-refractivity contribution in [2.45, 2.75) is 19.3 Å². The summed E-state index contributed by atoms with van der Waals surface area (Å²) in [5.74, 6) is -1.74. The topological polar surface area (TPSA) is 32.7 Å². The zero-order chi connectivity index (χ0) is 14.0. The Balaban J connectivity index is 2.47. The Hall–Kier alpha value is -1.20. The summed E-state index contributed by atoms with van der Waals surface area (Å²) in [5, 5.41) is 9.47. The van der Waals surface area contributed by atoms with Gasteiger partial charge in [-0.15, -0.1) is 0 Å². The molecular formula is C14H19F2NO2. The molecule has 1 aromatic rings. The average Bonchev–Trinajstić information content (AvgIpc) is 2.42. The van der Waals surface area contributed by atoms with E-state index >= 15 is 0 Å². The molecule has 1 aliphatic heterocycles. The molecule has 1 fully saturated rings. The molecule has 1 heterocycles. The van der Waals surface area contributed by atoms with Gasteiger partial charge in [-0.05, 0) is 11.6 Å². The second kappa shape index (κ2) is 5.43. The highest BCUT2D eigenvalue weighted by atomic mass is 19.2. The van der Waals surface area contributed by atoms with Gasteiger partial charge in [-0.25, -0.2) is 8.78 Å². The maximum absolute atomic E-state index is 13.5. The van der Waals surface area contributed by atoms with Crippen LogP contribution in [0.25, 0.3) is 0 Å². The second-order valence-corrected chi connectivity index (χ2v) is 5.42. The Kier molecular flexibility index (Phi) is 4.06. The van der Waals surface area contributed by atoms with E-state index in [0.717, 1.165) is 0 Å². The van der Waals surface area contributed by atoms with E-state index in [2.05, 4.69) is 0 Å². The van der Waals surface area contributed by atoms with Gasteiger partial charge >= 0.3 is 0 Å². The number of aliphatic hydroxyl groups excluding tert-OH is 1. The van der Waals surface area contributed by atoms with Gasteiger partial charge in [-0.2, -0.15) is 0 Å². The molecule has 0 atom stereocenters. The Morgan fingerprint density at radius 2 is 1.79 bits per heavy atom. The summed E-state index contributed by atoms with van der Waals surface area (Å²) in [5.41, 5.74) is 0.638. The molecule has 2 rings (SSSR count). The van der Waals surface area contributed by atoms with Crippen molar-refractivity contribution in [3.05, 3.63) is 29.3 Å². The SMILES string of the molecule is CC(C)(CO)c1cc(F)c(F)cc1N1CCOCC1. The van der Waals surface area contributed by atoms with E-state index in [1.165, 1.54) is 12.1 Å². The molecule has 0 saturated carbocycles. The van der Waals surface area contributed by atoms with Gasteiger partial charge in [0.1, 0.15) is 0 Å². The third-order valence-corrected chi connectivity index (χ3v) is 3.51. The summed E-state index contributed by atoms with van der Waals surface area (Å²) in [7, 11) is 0. The summed E-state index contributed by atoms with van der Waals surface area (Å²) in [4.78, 5) is 1.97. The number of benzene rings is 1. The van der Waals surface area contributed by atoms with E-state index in [1.54, 1.807) is 0 Å². The van der Waals surface area contributed by atoms with Crippen LogP contribution in [0.3, 0.4) is 0 Å². The molecule has 0 unspecified atom stereocenters. The normalized spacial score (nSPS) is 16.8. The largest absolute Gasteiger partial charge is 0.395 e. The maximum Gasteiger partial charge on any atom is 0.160 e. The fourth-order valence-corrected chi connectivity index (χ4v) is 2.23. The Labute approximate surface area is 111 Å². The number of ether oxygens (including phenoxy) is 1. The van der Waals surface area contributed by atoms with Crippen molar-refractivity contribution in [1.29, 1.82) is 0 Å². The summed E-state index contributed by atoms with van der Waals surface area (Å²) >= 11 is 0. The highest BCUT2D eigenvalue weighted by molar-refractivity contribution is 5.57. The molecule has 1 aliphatic rings. The minimum Gasteiger partial charge on any atom is -0.395 e. The lowest BCUT2D eigenvalue weighted by Gasteiger charge is -2.34. The number of anilines is 1. The van der Waals surface area contributed by atoms with Crippen LogP contribution in [0.1, 0.15) is 19.4 Å². The highest BCUT2D eigenvalue weighted by Crippen LogP contribution is 2.34. The van der Waals surface area contributed by atoms with Crippen molar-refractivity contribution in [3.8, 4) is 0 Å². The maximum atomic E-state index is 13.5. The van der Waals surface area contributed by atoms with Gasteiger partial charge in [-0.3, -0.25) is 0 Å². The van der Waals surface area contributed by atoms with Crippen molar-refractivity contribution in [1.82, 2.24) is 0 Å². The Morgan fingerprint density at radius 3 is 2.37 bits per heavy atom. The Morgan fingerprint density at radius 1 is 1.21 bits per heavy atom. The zero-order valence-electron chi connectivity index (χ0n) is 11.2. The molecule has 5 heteroatoms. The first-order chi connectivity index (χ1) is 8.95. The molecule has 0 aliphatic carbocycles. The first-order valence-electron chi connectivity index (χ1n) is 6.39. The fraction of sp³-hybridized carbons (Fsp3) is 0.571. The van der Waals surface area contributed by atoms with E-state index in [0.29, 0.717) is 37.6 Å². The Bertz CT molecular complexity index is 457. The van der Waals surface area contributed by atoms with E-state index in [1.807, 2.05) is 18.7 Å². The van der Waals surface area contributed by atoms with E-state index in [9.17, 15) is 13.9 Å². The number of hydrogen-bond acceptors (Lipinski definition) is 3. The van der Waals surface area contributed by atoms with Crippen LogP contribution in [-0.4, -0.2) is 38.0 Å². The molecule has 1 saturated heterocycles. The van der Waals surface area contributed by atoms with Crippen LogP contribution in [0, 0.1) is 11.6 Å². The number of aliphatic hydroxyl groups is 1. The van der Waals surface area contributed by atoms with Crippen molar-refractivity contribution in [2.75, 3.05) is 37.8 Å². The highest BCUT2D eigenvalue weighted by Gasteiger charge is 2.28. The lowest BCUT2D eigenvalue weighted by atomic mass is 9.84. The van der Waals surface area contributed by atoms with Crippen LogP contribution in [0.15, 0.2) is 12.1 Å². The van der Waals surface area contributed by atoms with Crippen LogP contribution in [0.2, 0.25) is 0 Å². The summed E-state index contributed by atoms with van der Waals surface area (Å²) in [6.07, 6.45) is 0. The predicted molar refractivity (Wildman–Crippen MR) is 69.5 cm³/mol. The summed E-state index contributed by atoms with van der Waals surface area (Å²) in [6.45, 7) is 5.90. The summed E-state index contributed by atoms with van der Waals surface area (Å²) in [6, 6.07) is 2.41. The molecule has 3 nitrogen and oxygen atoms in total. The lowest BCUT2D eigenvalue weighted by molar-refractivity contribution is 0.122. The van der Waals surface area contributed by atoms with Crippen molar-refractivity contribution < 1.29 is 18.6 Å². The lowest BCUT2D eigenvalue weighted by Crippen LogP contribution is -2.38. The van der Waals surface area contributed by atoms with Crippen molar-refractivity contribution in [2.24, 2.45) is 0 Å². The third-order valence-electron chi connectivity index (χ3n) is 3.51. The molecule has 1 aromatic carbocycles. The minimum absolute atomic E-state index is 0.130. The summed E-state index contributed by atoms with van der Waals surface area (Å²) < 4.78 is 32.3. The number of halogens is 2. The number of hydrogen-bond donors (Lipinski definition) is 1. The van der Waals surface area contributed by atoms with E-state index in [4.69, 9.17) is 4.74 Å². The van der Waals surface area contributed by atoms with Gasteiger partial charge in [0.05, 0.1) is 19.8 Å². The van der Waals surface area contributed by atoms with Gasteiger partial charge in [0, 0.05) is 30.3 Å². The van der Waals surface area contributed by atoms with Crippen LogP contribution < -0.4 is 4.90 Å². The molecule has 19 heavy (non-hydrogen) atoms. The number of nitrogens with zero attached hydrogens (tertiary/aromatic N) is 1. The van der Waals surface area contributed by atoms with Crippen LogP contribution in [0.5, 0.6) is 0 Å². The van der Waals surface area contributed by atoms with Crippen LogP contribution in [-0.2, 0) is 10.2 Å². The second-order valence-electron chi connectivity index (χ2n) is 5.42. The fourth-order valence-electron chi connectivity index (χ4n) is 2.23. The van der Waals surface area contributed by atoms with Gasteiger partial charge in [0.2, 0.25) is 0 Å². The van der Waals surface area contributed by atoms with Crippen LogP contribution >= 0.6 is 0 Å². The van der Waals surface area contributed by atoms with Gasteiger partial charge < -0.3 is 14.7 Å². The number of rotatable bonds is 3.